The third-order valence-electron chi connectivity index (χ3n) is 4.27. The fourth-order valence-corrected chi connectivity index (χ4v) is 3.78. The van der Waals surface area contributed by atoms with Crippen molar-refractivity contribution in [2.45, 2.75) is 32.6 Å². The maximum absolute atomic E-state index is 12.4. The zero-order chi connectivity index (χ0) is 15.4. The van der Waals surface area contributed by atoms with E-state index in [1.54, 1.807) is 11.3 Å². The van der Waals surface area contributed by atoms with Crippen LogP contribution in [0.2, 0.25) is 0 Å². The molecule has 1 amide bonds. The molecule has 1 aliphatic heterocycles. The van der Waals surface area contributed by atoms with E-state index in [1.165, 1.54) is 12.0 Å². The second kappa shape index (κ2) is 7.05. The van der Waals surface area contributed by atoms with E-state index in [0.717, 1.165) is 36.5 Å². The Kier molecular flexibility index (Phi) is 4.88. The van der Waals surface area contributed by atoms with Gasteiger partial charge in [0.1, 0.15) is 0 Å². The van der Waals surface area contributed by atoms with E-state index in [1.807, 2.05) is 30.6 Å². The molecular weight excluding hydrogens is 292 g/mol. The lowest BCUT2D eigenvalue weighted by molar-refractivity contribution is -0.132. The van der Waals surface area contributed by atoms with E-state index >= 15 is 0 Å². The third kappa shape index (κ3) is 3.95. The van der Waals surface area contributed by atoms with Crippen LogP contribution in [-0.2, 0) is 17.6 Å². The molecular formula is C18H22N2OS. The summed E-state index contributed by atoms with van der Waals surface area (Å²) in [6.07, 6.45) is 5.87. The average molecular weight is 314 g/mol. The van der Waals surface area contributed by atoms with Crippen LogP contribution in [0, 0.1) is 12.8 Å². The van der Waals surface area contributed by atoms with Crippen LogP contribution < -0.4 is 0 Å². The van der Waals surface area contributed by atoms with Crippen LogP contribution in [0.5, 0.6) is 0 Å². The van der Waals surface area contributed by atoms with Crippen molar-refractivity contribution in [3.63, 3.8) is 0 Å². The zero-order valence-corrected chi connectivity index (χ0v) is 13.8. The summed E-state index contributed by atoms with van der Waals surface area (Å²) in [5.74, 6) is 0.833. The number of aromatic nitrogens is 1. The summed E-state index contributed by atoms with van der Waals surface area (Å²) in [4.78, 5) is 20.0. The molecule has 3 heterocycles. The van der Waals surface area contributed by atoms with Gasteiger partial charge < -0.3 is 4.90 Å². The van der Waals surface area contributed by atoms with Crippen molar-refractivity contribution in [3.8, 4) is 0 Å². The molecule has 1 aliphatic rings. The smallest absolute Gasteiger partial charge is 0.227 e. The van der Waals surface area contributed by atoms with Crippen LogP contribution in [0.25, 0.3) is 0 Å². The molecule has 3 nitrogen and oxygen atoms in total. The highest BCUT2D eigenvalue weighted by Gasteiger charge is 2.24. The van der Waals surface area contributed by atoms with Gasteiger partial charge in [-0.3, -0.25) is 9.78 Å². The highest BCUT2D eigenvalue weighted by molar-refractivity contribution is 7.10. The van der Waals surface area contributed by atoms with E-state index in [9.17, 15) is 4.79 Å². The minimum atomic E-state index is 0.272. The summed E-state index contributed by atoms with van der Waals surface area (Å²) in [6, 6.07) is 8.28. The lowest BCUT2D eigenvalue weighted by Crippen LogP contribution is -2.41. The maximum Gasteiger partial charge on any atom is 0.227 e. The number of nitrogens with zero attached hydrogens (tertiary/aromatic N) is 2. The molecule has 22 heavy (non-hydrogen) atoms. The van der Waals surface area contributed by atoms with E-state index in [0.29, 0.717) is 12.3 Å². The first-order valence-corrected chi connectivity index (χ1v) is 8.80. The molecule has 1 atom stereocenters. The van der Waals surface area contributed by atoms with Gasteiger partial charge in [-0.2, -0.15) is 0 Å². The standard InChI is InChI=1S/C18H22N2OS/c1-14-6-7-15(12-19-14)10-16-4-2-8-20(13-16)18(21)11-17-5-3-9-22-17/h3,5-7,9,12,16H,2,4,8,10-11,13H2,1H3/t16-/m1/s1. The number of rotatable bonds is 4. The number of carbonyl (C=O) groups is 1. The van der Waals surface area contributed by atoms with E-state index < -0.39 is 0 Å². The maximum atomic E-state index is 12.4. The minimum Gasteiger partial charge on any atom is -0.342 e. The highest BCUT2D eigenvalue weighted by Crippen LogP contribution is 2.22. The first kappa shape index (κ1) is 15.2. The van der Waals surface area contributed by atoms with Crippen LogP contribution in [0.3, 0.4) is 0 Å². The topological polar surface area (TPSA) is 33.2 Å². The summed E-state index contributed by atoms with van der Waals surface area (Å²) < 4.78 is 0. The molecule has 0 spiro atoms. The highest BCUT2D eigenvalue weighted by atomic mass is 32.1. The van der Waals surface area contributed by atoms with Crippen molar-refractivity contribution in [1.82, 2.24) is 9.88 Å². The second-order valence-electron chi connectivity index (χ2n) is 6.12. The summed E-state index contributed by atoms with van der Waals surface area (Å²) in [5.41, 5.74) is 2.34. The number of hydrogen-bond acceptors (Lipinski definition) is 3. The zero-order valence-electron chi connectivity index (χ0n) is 13.0. The SMILES string of the molecule is Cc1ccc(C[C@H]2CCCN(C(=O)Cc3cccs3)C2)cn1. The molecule has 2 aromatic rings. The lowest BCUT2D eigenvalue weighted by atomic mass is 9.91. The molecule has 0 aromatic carbocycles. The Labute approximate surface area is 136 Å². The van der Waals surface area contributed by atoms with Gasteiger partial charge >= 0.3 is 0 Å². The van der Waals surface area contributed by atoms with Crippen molar-refractivity contribution in [2.75, 3.05) is 13.1 Å². The van der Waals surface area contributed by atoms with E-state index in [2.05, 4.69) is 22.0 Å². The fourth-order valence-electron chi connectivity index (χ4n) is 3.08. The Morgan fingerprint density at radius 2 is 2.32 bits per heavy atom. The van der Waals surface area contributed by atoms with E-state index in [4.69, 9.17) is 0 Å². The molecule has 2 aromatic heterocycles. The molecule has 0 N–H and O–H groups in total. The van der Waals surface area contributed by atoms with Gasteiger partial charge in [-0.05, 0) is 55.2 Å². The monoisotopic (exact) mass is 314 g/mol. The summed E-state index contributed by atoms with van der Waals surface area (Å²) in [6.45, 7) is 3.81. The first-order valence-electron chi connectivity index (χ1n) is 7.92. The minimum absolute atomic E-state index is 0.272. The summed E-state index contributed by atoms with van der Waals surface area (Å²) in [7, 11) is 0. The molecule has 0 saturated carbocycles. The predicted octanol–water partition coefficient (Wildman–Crippen LogP) is 3.48. The Bertz CT molecular complexity index is 607. The molecule has 0 radical (unpaired) electrons. The molecule has 4 heteroatoms. The van der Waals surface area contributed by atoms with Crippen LogP contribution >= 0.6 is 11.3 Å². The number of aryl methyl sites for hydroxylation is 1. The van der Waals surface area contributed by atoms with Gasteiger partial charge in [0.05, 0.1) is 6.42 Å². The van der Waals surface area contributed by atoms with Gasteiger partial charge in [-0.1, -0.05) is 12.1 Å². The number of thiophene rings is 1. The van der Waals surface area contributed by atoms with Gasteiger partial charge in [0.2, 0.25) is 5.91 Å². The lowest BCUT2D eigenvalue weighted by Gasteiger charge is -2.33. The van der Waals surface area contributed by atoms with Crippen LogP contribution in [-0.4, -0.2) is 28.9 Å². The molecule has 3 rings (SSSR count). The van der Waals surface area contributed by atoms with Crippen molar-refractivity contribution in [3.05, 3.63) is 52.0 Å². The second-order valence-corrected chi connectivity index (χ2v) is 7.15. The first-order chi connectivity index (χ1) is 10.7. The van der Waals surface area contributed by atoms with Crippen molar-refractivity contribution >= 4 is 17.2 Å². The predicted molar refractivity (Wildman–Crippen MR) is 90.0 cm³/mol. The van der Waals surface area contributed by atoms with Crippen molar-refractivity contribution < 1.29 is 4.79 Å². The van der Waals surface area contributed by atoms with Gasteiger partial charge in [0, 0.05) is 29.9 Å². The Balaban J connectivity index is 1.56. The van der Waals surface area contributed by atoms with Gasteiger partial charge in [-0.15, -0.1) is 11.3 Å². The third-order valence-corrected chi connectivity index (χ3v) is 5.15. The Hall–Kier alpha value is -1.68. The van der Waals surface area contributed by atoms with Crippen molar-refractivity contribution in [2.24, 2.45) is 5.92 Å². The van der Waals surface area contributed by atoms with Gasteiger partial charge in [-0.25, -0.2) is 0 Å². The number of carbonyl (C=O) groups excluding carboxylic acids is 1. The largest absolute Gasteiger partial charge is 0.342 e. The number of hydrogen-bond donors (Lipinski definition) is 0. The summed E-state index contributed by atoms with van der Waals surface area (Å²) >= 11 is 1.66. The molecule has 0 bridgehead atoms. The van der Waals surface area contributed by atoms with E-state index in [-0.39, 0.29) is 5.91 Å². The summed E-state index contributed by atoms with van der Waals surface area (Å²) in [5, 5.41) is 2.03. The number of likely N-dealkylation sites (tertiary alicyclic amines) is 1. The number of piperidine rings is 1. The Morgan fingerprint density at radius 1 is 1.41 bits per heavy atom. The van der Waals surface area contributed by atoms with Crippen LogP contribution in [0.4, 0.5) is 0 Å². The van der Waals surface area contributed by atoms with Gasteiger partial charge in [0.25, 0.3) is 0 Å². The number of amides is 1. The molecule has 0 aliphatic carbocycles. The molecule has 1 saturated heterocycles. The number of pyridine rings is 1. The molecule has 116 valence electrons. The normalized spacial score (nSPS) is 18.4. The fraction of sp³-hybridized carbons (Fsp3) is 0.444. The molecule has 1 fully saturated rings. The average Bonchev–Trinajstić information content (AvgIpc) is 3.03. The quantitative estimate of drug-likeness (QED) is 0.865. The Morgan fingerprint density at radius 3 is 3.05 bits per heavy atom. The molecule has 0 unspecified atom stereocenters. The van der Waals surface area contributed by atoms with Crippen LogP contribution in [0.1, 0.15) is 29.0 Å². The van der Waals surface area contributed by atoms with Gasteiger partial charge in [0.15, 0.2) is 0 Å². The van der Waals surface area contributed by atoms with Crippen LogP contribution in [0.15, 0.2) is 35.8 Å². The van der Waals surface area contributed by atoms with Crippen molar-refractivity contribution in [1.29, 1.82) is 0 Å².